The van der Waals surface area contributed by atoms with E-state index in [1.54, 1.807) is 0 Å². The Morgan fingerprint density at radius 1 is 0.793 bits per heavy atom. The first-order valence-corrected chi connectivity index (χ1v) is 9.65. The van der Waals surface area contributed by atoms with Gasteiger partial charge in [-0.05, 0) is 28.8 Å². The first kappa shape index (κ1) is 20.6. The van der Waals surface area contributed by atoms with Gasteiger partial charge in [0.25, 0.3) is 0 Å². The van der Waals surface area contributed by atoms with Crippen LogP contribution in [0.4, 0.5) is 4.79 Å². The van der Waals surface area contributed by atoms with E-state index in [4.69, 9.17) is 11.6 Å². The Labute approximate surface area is 175 Å². The fourth-order valence-electron chi connectivity index (χ4n) is 2.92. The van der Waals surface area contributed by atoms with Crippen LogP contribution in [0.3, 0.4) is 0 Å². The van der Waals surface area contributed by atoms with Crippen LogP contribution in [0, 0.1) is 0 Å². The highest BCUT2D eigenvalue weighted by atomic mass is 35.5. The first-order chi connectivity index (χ1) is 14.1. The van der Waals surface area contributed by atoms with Crippen LogP contribution in [-0.2, 0) is 11.3 Å². The molecule has 3 amide bonds. The maximum absolute atomic E-state index is 12.2. The smallest absolute Gasteiger partial charge is 0.321 e. The summed E-state index contributed by atoms with van der Waals surface area (Å²) in [7, 11) is 0. The van der Waals surface area contributed by atoms with E-state index in [0.717, 1.165) is 16.7 Å². The SMILES string of the molecule is O=C(CNC(c1ccccc1)c1ccc(Cl)cc1)NC(=O)NCc1ccccc1. The molecular formula is C23H22ClN3O2. The number of benzene rings is 3. The van der Waals surface area contributed by atoms with Crippen molar-refractivity contribution in [2.75, 3.05) is 6.54 Å². The fourth-order valence-corrected chi connectivity index (χ4v) is 3.04. The van der Waals surface area contributed by atoms with Crippen LogP contribution < -0.4 is 16.0 Å². The average Bonchev–Trinajstić information content (AvgIpc) is 2.75. The molecule has 29 heavy (non-hydrogen) atoms. The molecule has 0 aliphatic heterocycles. The summed E-state index contributed by atoms with van der Waals surface area (Å²) in [5.74, 6) is -0.412. The number of carbonyl (C=O) groups excluding carboxylic acids is 2. The van der Waals surface area contributed by atoms with E-state index >= 15 is 0 Å². The lowest BCUT2D eigenvalue weighted by atomic mass is 9.99. The highest BCUT2D eigenvalue weighted by Crippen LogP contribution is 2.23. The predicted octanol–water partition coefficient (Wildman–Crippen LogP) is 4.05. The van der Waals surface area contributed by atoms with Gasteiger partial charge in [0.1, 0.15) is 0 Å². The van der Waals surface area contributed by atoms with Gasteiger partial charge in [0, 0.05) is 11.6 Å². The zero-order chi connectivity index (χ0) is 20.5. The van der Waals surface area contributed by atoms with E-state index in [9.17, 15) is 9.59 Å². The lowest BCUT2D eigenvalue weighted by Gasteiger charge is -2.20. The molecule has 3 N–H and O–H groups in total. The number of carbonyl (C=O) groups is 2. The molecule has 3 rings (SSSR count). The van der Waals surface area contributed by atoms with Gasteiger partial charge < -0.3 is 5.32 Å². The summed E-state index contributed by atoms with van der Waals surface area (Å²) in [4.78, 5) is 24.2. The molecule has 0 aliphatic rings. The second-order valence-corrected chi connectivity index (χ2v) is 6.93. The largest absolute Gasteiger partial charge is 0.334 e. The quantitative estimate of drug-likeness (QED) is 0.553. The fraction of sp³-hybridized carbons (Fsp3) is 0.130. The second-order valence-electron chi connectivity index (χ2n) is 6.49. The third kappa shape index (κ3) is 6.45. The monoisotopic (exact) mass is 407 g/mol. The molecule has 5 nitrogen and oxygen atoms in total. The maximum atomic E-state index is 12.2. The van der Waals surface area contributed by atoms with Gasteiger partial charge in [-0.25, -0.2) is 4.79 Å². The van der Waals surface area contributed by atoms with Crippen molar-refractivity contribution in [3.63, 3.8) is 0 Å². The van der Waals surface area contributed by atoms with Gasteiger partial charge >= 0.3 is 6.03 Å². The third-order valence-electron chi connectivity index (χ3n) is 4.35. The minimum Gasteiger partial charge on any atom is -0.334 e. The molecule has 0 fully saturated rings. The predicted molar refractivity (Wildman–Crippen MR) is 115 cm³/mol. The molecule has 148 valence electrons. The number of amides is 3. The molecule has 0 radical (unpaired) electrons. The molecule has 0 spiro atoms. The normalized spacial score (nSPS) is 11.5. The molecule has 0 bridgehead atoms. The molecule has 0 aromatic heterocycles. The zero-order valence-electron chi connectivity index (χ0n) is 15.8. The van der Waals surface area contributed by atoms with Crippen LogP contribution >= 0.6 is 11.6 Å². The topological polar surface area (TPSA) is 70.2 Å². The van der Waals surface area contributed by atoms with E-state index in [-0.39, 0.29) is 12.6 Å². The maximum Gasteiger partial charge on any atom is 0.321 e. The van der Waals surface area contributed by atoms with E-state index in [2.05, 4.69) is 16.0 Å². The number of hydrogen-bond donors (Lipinski definition) is 3. The summed E-state index contributed by atoms with van der Waals surface area (Å²) in [5, 5.41) is 8.88. The van der Waals surface area contributed by atoms with Gasteiger partial charge in [0.15, 0.2) is 0 Å². The highest BCUT2D eigenvalue weighted by Gasteiger charge is 2.16. The van der Waals surface area contributed by atoms with Crippen molar-refractivity contribution in [3.05, 3.63) is 107 Å². The van der Waals surface area contributed by atoms with Crippen molar-refractivity contribution in [3.8, 4) is 0 Å². The van der Waals surface area contributed by atoms with Crippen molar-refractivity contribution in [2.24, 2.45) is 0 Å². The van der Waals surface area contributed by atoms with Gasteiger partial charge in [0.2, 0.25) is 5.91 Å². The first-order valence-electron chi connectivity index (χ1n) is 9.27. The molecule has 6 heteroatoms. The molecule has 1 atom stereocenters. The summed E-state index contributed by atoms with van der Waals surface area (Å²) in [6.45, 7) is 0.339. The molecule has 3 aromatic carbocycles. The van der Waals surface area contributed by atoms with Crippen LogP contribution in [-0.4, -0.2) is 18.5 Å². The van der Waals surface area contributed by atoms with Crippen LogP contribution in [0.1, 0.15) is 22.7 Å². The van der Waals surface area contributed by atoms with Gasteiger partial charge in [-0.2, -0.15) is 0 Å². The summed E-state index contributed by atoms with van der Waals surface area (Å²) >= 11 is 5.99. The number of imide groups is 1. The molecule has 0 saturated heterocycles. The minimum atomic E-state index is -0.525. The number of rotatable bonds is 7. The Balaban J connectivity index is 1.56. The van der Waals surface area contributed by atoms with Crippen LogP contribution in [0.5, 0.6) is 0 Å². The van der Waals surface area contributed by atoms with E-state index < -0.39 is 11.9 Å². The van der Waals surface area contributed by atoms with Crippen molar-refractivity contribution < 1.29 is 9.59 Å². The van der Waals surface area contributed by atoms with Crippen LogP contribution in [0.25, 0.3) is 0 Å². The van der Waals surface area contributed by atoms with Crippen molar-refractivity contribution in [2.45, 2.75) is 12.6 Å². The minimum absolute atomic E-state index is 0.0130. The molecular weight excluding hydrogens is 386 g/mol. The van der Waals surface area contributed by atoms with Crippen molar-refractivity contribution in [1.82, 2.24) is 16.0 Å². The molecule has 0 heterocycles. The standard InChI is InChI=1S/C23H22ClN3O2/c24-20-13-11-19(12-14-20)22(18-9-5-2-6-10-18)25-16-21(28)27-23(29)26-15-17-7-3-1-4-8-17/h1-14,22,25H,15-16H2,(H2,26,27,28,29). The van der Waals surface area contributed by atoms with E-state index in [0.29, 0.717) is 11.6 Å². The molecule has 0 saturated carbocycles. The van der Waals surface area contributed by atoms with Gasteiger partial charge in [-0.3, -0.25) is 15.4 Å². The Morgan fingerprint density at radius 3 is 2.03 bits per heavy atom. The third-order valence-corrected chi connectivity index (χ3v) is 4.60. The van der Waals surface area contributed by atoms with Crippen LogP contribution in [0.2, 0.25) is 5.02 Å². The lowest BCUT2D eigenvalue weighted by molar-refractivity contribution is -0.119. The Kier molecular flexibility index (Phi) is 7.39. The van der Waals surface area contributed by atoms with Gasteiger partial charge in [-0.1, -0.05) is 84.4 Å². The molecule has 0 aliphatic carbocycles. The lowest BCUT2D eigenvalue weighted by Crippen LogP contribution is -2.43. The Hall–Kier alpha value is -3.15. The summed E-state index contributed by atoms with van der Waals surface area (Å²) in [6, 6.07) is 26.0. The summed E-state index contributed by atoms with van der Waals surface area (Å²) in [6.07, 6.45) is 0. The molecule has 3 aromatic rings. The Morgan fingerprint density at radius 2 is 1.38 bits per heavy atom. The van der Waals surface area contributed by atoms with Gasteiger partial charge in [-0.15, -0.1) is 0 Å². The highest BCUT2D eigenvalue weighted by molar-refractivity contribution is 6.30. The second kappa shape index (κ2) is 10.4. The average molecular weight is 408 g/mol. The molecule has 1 unspecified atom stereocenters. The number of urea groups is 1. The number of hydrogen-bond acceptors (Lipinski definition) is 3. The Bertz CT molecular complexity index is 931. The van der Waals surface area contributed by atoms with Crippen molar-refractivity contribution >= 4 is 23.5 Å². The van der Waals surface area contributed by atoms with E-state index in [1.807, 2.05) is 84.9 Å². The van der Waals surface area contributed by atoms with Gasteiger partial charge in [0.05, 0.1) is 12.6 Å². The summed E-state index contributed by atoms with van der Waals surface area (Å²) < 4.78 is 0. The number of halogens is 1. The zero-order valence-corrected chi connectivity index (χ0v) is 16.5. The van der Waals surface area contributed by atoms with E-state index in [1.165, 1.54) is 0 Å². The van der Waals surface area contributed by atoms with Crippen LogP contribution in [0.15, 0.2) is 84.9 Å². The number of nitrogens with one attached hydrogen (secondary N) is 3. The van der Waals surface area contributed by atoms with Crippen molar-refractivity contribution in [1.29, 1.82) is 0 Å². The summed E-state index contributed by atoms with van der Waals surface area (Å²) in [5.41, 5.74) is 2.94.